The van der Waals surface area contributed by atoms with Crippen molar-refractivity contribution in [3.63, 3.8) is 0 Å². The van der Waals surface area contributed by atoms with Crippen LogP contribution in [-0.2, 0) is 4.74 Å². The summed E-state index contributed by atoms with van der Waals surface area (Å²) in [4.78, 5) is 36.2. The standard InChI is InChI=1S/C16H16N4O7/c1-26-14-5-3-11(9-13(14)20(24)25)16(21)27-8-2-7-17-15-6-4-12(10-18-15)19(22)23/h3-6,9-10H,2,7-8H2,1H3,(H,17,18). The van der Waals surface area contributed by atoms with Crippen LogP contribution in [0.2, 0.25) is 0 Å². The third kappa shape index (κ3) is 5.36. The van der Waals surface area contributed by atoms with Gasteiger partial charge >= 0.3 is 11.7 Å². The van der Waals surface area contributed by atoms with Crippen LogP contribution in [0.15, 0.2) is 36.5 Å². The highest BCUT2D eigenvalue weighted by Crippen LogP contribution is 2.27. The molecule has 0 saturated heterocycles. The number of methoxy groups -OCH3 is 1. The van der Waals surface area contributed by atoms with Crippen LogP contribution < -0.4 is 10.1 Å². The Balaban J connectivity index is 1.80. The fourth-order valence-electron chi connectivity index (χ4n) is 2.10. The summed E-state index contributed by atoms with van der Waals surface area (Å²) in [6, 6.07) is 6.61. The van der Waals surface area contributed by atoms with Crippen molar-refractivity contribution in [3.05, 3.63) is 62.3 Å². The number of carbonyl (C=O) groups excluding carboxylic acids is 1. The van der Waals surface area contributed by atoms with Crippen LogP contribution in [0.5, 0.6) is 5.75 Å². The van der Waals surface area contributed by atoms with Gasteiger partial charge in [0.25, 0.3) is 5.69 Å². The van der Waals surface area contributed by atoms with Crippen molar-refractivity contribution in [1.29, 1.82) is 0 Å². The molecule has 0 aliphatic rings. The van der Waals surface area contributed by atoms with Gasteiger partial charge in [-0.2, -0.15) is 0 Å². The molecule has 142 valence electrons. The van der Waals surface area contributed by atoms with Gasteiger partial charge in [-0.05, 0) is 24.6 Å². The Kier molecular flexibility index (Phi) is 6.58. The first-order valence-corrected chi connectivity index (χ1v) is 7.76. The molecule has 11 nitrogen and oxygen atoms in total. The lowest BCUT2D eigenvalue weighted by molar-refractivity contribution is -0.385. The van der Waals surface area contributed by atoms with Gasteiger partial charge in [0.2, 0.25) is 0 Å². The van der Waals surface area contributed by atoms with E-state index in [0.29, 0.717) is 18.8 Å². The number of carbonyl (C=O) groups is 1. The summed E-state index contributed by atoms with van der Waals surface area (Å²) < 4.78 is 9.94. The van der Waals surface area contributed by atoms with Crippen LogP contribution >= 0.6 is 0 Å². The van der Waals surface area contributed by atoms with E-state index in [4.69, 9.17) is 9.47 Å². The number of hydrogen-bond donors (Lipinski definition) is 1. The maximum atomic E-state index is 12.0. The number of nitro benzene ring substituents is 1. The lowest BCUT2D eigenvalue weighted by Crippen LogP contribution is -2.11. The van der Waals surface area contributed by atoms with E-state index in [0.717, 1.165) is 12.3 Å². The van der Waals surface area contributed by atoms with Gasteiger partial charge in [0.15, 0.2) is 5.75 Å². The van der Waals surface area contributed by atoms with E-state index in [1.165, 1.54) is 31.4 Å². The predicted octanol–water partition coefficient (Wildman–Crippen LogP) is 2.57. The number of nitrogens with zero attached hydrogens (tertiary/aromatic N) is 3. The first-order chi connectivity index (χ1) is 12.9. The van der Waals surface area contributed by atoms with Gasteiger partial charge in [0, 0.05) is 18.7 Å². The van der Waals surface area contributed by atoms with Crippen LogP contribution in [0, 0.1) is 20.2 Å². The van der Waals surface area contributed by atoms with Crippen LogP contribution in [0.4, 0.5) is 17.2 Å². The van der Waals surface area contributed by atoms with Crippen molar-refractivity contribution in [1.82, 2.24) is 4.98 Å². The zero-order chi connectivity index (χ0) is 19.8. The normalized spacial score (nSPS) is 10.1. The summed E-state index contributed by atoms with van der Waals surface area (Å²) in [5.74, 6) is -0.178. The number of pyridine rings is 1. The molecule has 0 saturated carbocycles. The number of anilines is 1. The summed E-state index contributed by atoms with van der Waals surface area (Å²) in [7, 11) is 1.30. The molecule has 0 atom stereocenters. The van der Waals surface area contributed by atoms with E-state index in [1.54, 1.807) is 0 Å². The molecular weight excluding hydrogens is 360 g/mol. The summed E-state index contributed by atoms with van der Waals surface area (Å²) in [6.45, 7) is 0.499. The van der Waals surface area contributed by atoms with E-state index in [-0.39, 0.29) is 29.3 Å². The molecule has 1 heterocycles. The molecular formula is C16H16N4O7. The summed E-state index contributed by atoms with van der Waals surface area (Å²) in [6.07, 6.45) is 1.58. The predicted molar refractivity (Wildman–Crippen MR) is 93.9 cm³/mol. The molecule has 2 rings (SSSR count). The van der Waals surface area contributed by atoms with Crippen LogP contribution in [0.25, 0.3) is 0 Å². The van der Waals surface area contributed by atoms with Crippen LogP contribution in [0.1, 0.15) is 16.8 Å². The average Bonchev–Trinajstić information content (AvgIpc) is 2.67. The third-order valence-electron chi connectivity index (χ3n) is 3.43. The molecule has 1 aromatic heterocycles. The maximum Gasteiger partial charge on any atom is 0.338 e. The Morgan fingerprint density at radius 1 is 1.19 bits per heavy atom. The molecule has 11 heteroatoms. The van der Waals surface area contributed by atoms with Gasteiger partial charge in [-0.3, -0.25) is 20.2 Å². The van der Waals surface area contributed by atoms with Crippen molar-refractivity contribution in [3.8, 4) is 5.75 Å². The zero-order valence-electron chi connectivity index (χ0n) is 14.3. The number of nitro groups is 2. The lowest BCUT2D eigenvalue weighted by atomic mass is 10.2. The minimum absolute atomic E-state index is 0.0486. The van der Waals surface area contributed by atoms with Crippen LogP contribution in [-0.4, -0.2) is 41.1 Å². The smallest absolute Gasteiger partial charge is 0.338 e. The molecule has 2 aromatic rings. The number of hydrogen-bond acceptors (Lipinski definition) is 9. The van der Waals surface area contributed by atoms with Crippen molar-refractivity contribution >= 4 is 23.2 Å². The highest BCUT2D eigenvalue weighted by atomic mass is 16.6. The molecule has 1 N–H and O–H groups in total. The molecule has 0 amide bonds. The molecule has 0 bridgehead atoms. The Labute approximate surface area is 153 Å². The second-order valence-electron chi connectivity index (χ2n) is 5.22. The third-order valence-corrected chi connectivity index (χ3v) is 3.43. The number of rotatable bonds is 9. The van der Waals surface area contributed by atoms with Gasteiger partial charge in [0.05, 0.1) is 29.1 Å². The quantitative estimate of drug-likeness (QED) is 0.302. The Hall–Kier alpha value is -3.76. The van der Waals surface area contributed by atoms with Gasteiger partial charge in [-0.1, -0.05) is 0 Å². The van der Waals surface area contributed by atoms with Gasteiger partial charge in [-0.25, -0.2) is 9.78 Å². The molecule has 0 fully saturated rings. The fraction of sp³-hybridized carbons (Fsp3) is 0.250. The van der Waals surface area contributed by atoms with Crippen LogP contribution in [0.3, 0.4) is 0 Å². The molecule has 0 aliphatic heterocycles. The average molecular weight is 376 g/mol. The molecule has 27 heavy (non-hydrogen) atoms. The molecule has 0 radical (unpaired) electrons. The first kappa shape index (κ1) is 19.6. The minimum Gasteiger partial charge on any atom is -0.490 e. The number of nitrogens with one attached hydrogen (secondary N) is 1. The van der Waals surface area contributed by atoms with Crippen molar-refractivity contribution < 1.29 is 24.1 Å². The number of aromatic nitrogens is 1. The van der Waals surface area contributed by atoms with E-state index in [2.05, 4.69) is 10.3 Å². The Morgan fingerprint density at radius 3 is 2.56 bits per heavy atom. The maximum absolute atomic E-state index is 12.0. The Morgan fingerprint density at radius 2 is 1.96 bits per heavy atom. The molecule has 0 spiro atoms. The topological polar surface area (TPSA) is 147 Å². The van der Waals surface area contributed by atoms with Gasteiger partial charge in [0.1, 0.15) is 12.0 Å². The van der Waals surface area contributed by atoms with E-state index >= 15 is 0 Å². The second kappa shape index (κ2) is 9.08. The summed E-state index contributed by atoms with van der Waals surface area (Å²) in [5.41, 5.74) is -0.381. The lowest BCUT2D eigenvalue weighted by Gasteiger charge is -2.07. The molecule has 0 aliphatic carbocycles. The van der Waals surface area contributed by atoms with Gasteiger partial charge in [-0.15, -0.1) is 0 Å². The second-order valence-corrected chi connectivity index (χ2v) is 5.22. The molecule has 0 unspecified atom stereocenters. The van der Waals surface area contributed by atoms with E-state index in [9.17, 15) is 25.0 Å². The SMILES string of the molecule is COc1ccc(C(=O)OCCCNc2ccc([N+](=O)[O-])cn2)cc1[N+](=O)[O-]. The monoisotopic (exact) mass is 376 g/mol. The Bertz CT molecular complexity index is 839. The van der Waals surface area contributed by atoms with Crippen molar-refractivity contribution in [2.24, 2.45) is 0 Å². The van der Waals surface area contributed by atoms with E-state index < -0.39 is 15.8 Å². The number of esters is 1. The zero-order valence-corrected chi connectivity index (χ0v) is 14.3. The van der Waals surface area contributed by atoms with Crippen molar-refractivity contribution in [2.75, 3.05) is 25.6 Å². The van der Waals surface area contributed by atoms with Gasteiger partial charge < -0.3 is 14.8 Å². The summed E-state index contributed by atoms with van der Waals surface area (Å²) in [5, 5.41) is 24.4. The largest absolute Gasteiger partial charge is 0.490 e. The minimum atomic E-state index is -0.686. The fourth-order valence-corrected chi connectivity index (χ4v) is 2.10. The number of benzene rings is 1. The summed E-state index contributed by atoms with van der Waals surface area (Å²) >= 11 is 0. The highest BCUT2D eigenvalue weighted by molar-refractivity contribution is 5.90. The first-order valence-electron chi connectivity index (χ1n) is 7.76. The molecule has 1 aromatic carbocycles. The van der Waals surface area contributed by atoms with E-state index in [1.807, 2.05) is 0 Å². The van der Waals surface area contributed by atoms with Crippen molar-refractivity contribution in [2.45, 2.75) is 6.42 Å². The highest BCUT2D eigenvalue weighted by Gasteiger charge is 2.18. The number of ether oxygens (including phenoxy) is 2.